The number of hydrogen-bond acceptors (Lipinski definition) is 7. The van der Waals surface area contributed by atoms with E-state index in [1.165, 1.54) is 0 Å². The maximum atomic E-state index is 9.10. The van der Waals surface area contributed by atoms with Crippen LogP contribution in [0.1, 0.15) is 31.9 Å². The minimum atomic E-state index is -1.82. The quantitative estimate of drug-likeness (QED) is 0.466. The molecule has 9 nitrogen and oxygen atoms in total. The van der Waals surface area contributed by atoms with Crippen molar-refractivity contribution in [1.29, 1.82) is 0 Å². The first-order chi connectivity index (χ1) is 12.0. The summed E-state index contributed by atoms with van der Waals surface area (Å²) in [6, 6.07) is 0. The van der Waals surface area contributed by atoms with Gasteiger partial charge in [0.25, 0.3) is 5.88 Å². The molecule has 2 heterocycles. The van der Waals surface area contributed by atoms with Gasteiger partial charge >= 0.3 is 11.9 Å². The van der Waals surface area contributed by atoms with Gasteiger partial charge in [-0.15, -0.1) is 5.92 Å². The zero-order chi connectivity index (χ0) is 18.7. The molecule has 0 bridgehead atoms. The first kappa shape index (κ1) is 20.2. The summed E-state index contributed by atoms with van der Waals surface area (Å²) in [5.41, 5.74) is 1.83. The number of likely N-dealkylation sites (N-methyl/N-ethyl adjacent to an activating group) is 1. The van der Waals surface area contributed by atoms with E-state index in [1.54, 1.807) is 0 Å². The summed E-state index contributed by atoms with van der Waals surface area (Å²) in [6.45, 7) is 4.45. The molecule has 136 valence electrons. The van der Waals surface area contributed by atoms with Gasteiger partial charge in [-0.25, -0.2) is 14.2 Å². The van der Waals surface area contributed by atoms with Crippen LogP contribution in [-0.2, 0) is 9.59 Å². The van der Waals surface area contributed by atoms with E-state index in [9.17, 15) is 0 Å². The fourth-order valence-corrected chi connectivity index (χ4v) is 1.95. The summed E-state index contributed by atoms with van der Waals surface area (Å²) in [4.78, 5) is 20.4. The average molecular weight is 351 g/mol. The lowest BCUT2D eigenvalue weighted by atomic mass is 10.1. The molecular formula is C16H21N3O6. The Morgan fingerprint density at radius 3 is 2.64 bits per heavy atom. The van der Waals surface area contributed by atoms with E-state index in [0.717, 1.165) is 37.2 Å². The number of aromatic nitrogens is 2. The Kier molecular flexibility index (Phi) is 8.74. The highest BCUT2D eigenvalue weighted by Gasteiger charge is 2.19. The molecule has 9 heteroatoms. The number of carbonyl (C=O) groups is 2. The molecule has 1 aliphatic heterocycles. The first-order valence-corrected chi connectivity index (χ1v) is 7.70. The van der Waals surface area contributed by atoms with Crippen molar-refractivity contribution in [2.45, 2.75) is 26.2 Å². The second-order valence-electron chi connectivity index (χ2n) is 5.09. The maximum absolute atomic E-state index is 9.10. The molecule has 0 aromatic carbocycles. The van der Waals surface area contributed by atoms with Gasteiger partial charge in [-0.2, -0.15) is 0 Å². The van der Waals surface area contributed by atoms with Gasteiger partial charge in [-0.05, 0) is 29.4 Å². The predicted molar refractivity (Wildman–Crippen MR) is 87.8 cm³/mol. The van der Waals surface area contributed by atoms with Crippen molar-refractivity contribution in [1.82, 2.24) is 15.2 Å². The van der Waals surface area contributed by atoms with Gasteiger partial charge in [0.15, 0.2) is 5.69 Å². The molecule has 1 aromatic rings. The van der Waals surface area contributed by atoms with Gasteiger partial charge in [0, 0.05) is 25.9 Å². The molecule has 1 aliphatic rings. The summed E-state index contributed by atoms with van der Waals surface area (Å²) < 4.78 is 10.4. The van der Waals surface area contributed by atoms with Gasteiger partial charge < -0.3 is 19.8 Å². The largest absolute Gasteiger partial charge is 0.473 e. The molecule has 2 rings (SSSR count). The van der Waals surface area contributed by atoms with Crippen LogP contribution < -0.4 is 4.74 Å². The van der Waals surface area contributed by atoms with Crippen LogP contribution in [0.4, 0.5) is 0 Å². The SMILES string of the molecule is CCC#CCCOc1nonc1C1=CCCN(C)C1.O=C(O)C(=O)O. The van der Waals surface area contributed by atoms with Crippen molar-refractivity contribution < 1.29 is 29.2 Å². The minimum Gasteiger partial charge on any atom is -0.473 e. The third-order valence-electron chi connectivity index (χ3n) is 3.05. The zero-order valence-electron chi connectivity index (χ0n) is 14.2. The maximum Gasteiger partial charge on any atom is 0.414 e. The van der Waals surface area contributed by atoms with Crippen LogP contribution in [0.2, 0.25) is 0 Å². The number of rotatable bonds is 4. The van der Waals surface area contributed by atoms with Crippen LogP contribution in [0.5, 0.6) is 5.88 Å². The van der Waals surface area contributed by atoms with Crippen molar-refractivity contribution >= 4 is 17.5 Å². The Hall–Kier alpha value is -2.86. The normalized spacial score (nSPS) is 13.6. The molecule has 0 fully saturated rings. The molecule has 0 amide bonds. The van der Waals surface area contributed by atoms with Crippen molar-refractivity contribution in [3.05, 3.63) is 11.8 Å². The molecule has 0 saturated heterocycles. The van der Waals surface area contributed by atoms with Crippen molar-refractivity contribution in [2.75, 3.05) is 26.7 Å². The lowest BCUT2D eigenvalue weighted by Gasteiger charge is -2.21. The van der Waals surface area contributed by atoms with Gasteiger partial charge in [-0.3, -0.25) is 0 Å². The fraction of sp³-hybridized carbons (Fsp3) is 0.500. The van der Waals surface area contributed by atoms with Gasteiger partial charge in [0.05, 0.1) is 0 Å². The molecule has 0 saturated carbocycles. The van der Waals surface area contributed by atoms with Crippen LogP contribution in [0.3, 0.4) is 0 Å². The van der Waals surface area contributed by atoms with E-state index >= 15 is 0 Å². The fourth-order valence-electron chi connectivity index (χ4n) is 1.95. The van der Waals surface area contributed by atoms with E-state index in [0.29, 0.717) is 18.9 Å². The van der Waals surface area contributed by atoms with E-state index in [2.05, 4.69) is 40.2 Å². The monoisotopic (exact) mass is 351 g/mol. The third kappa shape index (κ3) is 7.50. The summed E-state index contributed by atoms with van der Waals surface area (Å²) in [5.74, 6) is 2.86. The number of hydrogen-bond donors (Lipinski definition) is 2. The number of aliphatic carboxylic acids is 2. The average Bonchev–Trinajstić information content (AvgIpc) is 3.03. The number of ether oxygens (including phenoxy) is 1. The van der Waals surface area contributed by atoms with E-state index < -0.39 is 11.9 Å². The molecule has 0 aliphatic carbocycles. The second kappa shape index (κ2) is 10.8. The van der Waals surface area contributed by atoms with Crippen LogP contribution in [0.15, 0.2) is 10.7 Å². The number of nitrogens with zero attached hydrogens (tertiary/aromatic N) is 3. The van der Waals surface area contributed by atoms with Crippen LogP contribution >= 0.6 is 0 Å². The van der Waals surface area contributed by atoms with Gasteiger partial charge in [0.2, 0.25) is 0 Å². The molecular weight excluding hydrogens is 330 g/mol. The summed E-state index contributed by atoms with van der Waals surface area (Å²) in [6.07, 6.45) is 4.75. The van der Waals surface area contributed by atoms with E-state index in [1.807, 2.05) is 6.92 Å². The lowest BCUT2D eigenvalue weighted by Crippen LogP contribution is -2.25. The third-order valence-corrected chi connectivity index (χ3v) is 3.05. The van der Waals surface area contributed by atoms with Crippen LogP contribution in [-0.4, -0.2) is 64.1 Å². The van der Waals surface area contributed by atoms with Gasteiger partial charge in [0.1, 0.15) is 6.61 Å². The van der Waals surface area contributed by atoms with Crippen molar-refractivity contribution in [3.63, 3.8) is 0 Å². The van der Waals surface area contributed by atoms with Crippen molar-refractivity contribution in [3.8, 4) is 17.7 Å². The first-order valence-electron chi connectivity index (χ1n) is 7.70. The van der Waals surface area contributed by atoms with Crippen molar-refractivity contribution in [2.24, 2.45) is 0 Å². The van der Waals surface area contributed by atoms with E-state index in [-0.39, 0.29) is 0 Å². The highest BCUT2D eigenvalue weighted by molar-refractivity contribution is 6.27. The Morgan fingerprint density at radius 2 is 2.04 bits per heavy atom. The van der Waals surface area contributed by atoms with Gasteiger partial charge in [-0.1, -0.05) is 18.9 Å². The minimum absolute atomic E-state index is 0.472. The van der Waals surface area contributed by atoms with Crippen LogP contribution in [0, 0.1) is 11.8 Å². The molecule has 1 aromatic heterocycles. The highest BCUT2D eigenvalue weighted by Crippen LogP contribution is 2.25. The Morgan fingerprint density at radius 1 is 1.32 bits per heavy atom. The lowest BCUT2D eigenvalue weighted by molar-refractivity contribution is -0.159. The summed E-state index contributed by atoms with van der Waals surface area (Å²) in [7, 11) is 2.08. The Balaban J connectivity index is 0.000000450. The number of carboxylic acid groups (broad SMARTS) is 2. The number of carboxylic acids is 2. The molecule has 25 heavy (non-hydrogen) atoms. The second-order valence-corrected chi connectivity index (χ2v) is 5.09. The molecule has 0 radical (unpaired) electrons. The Labute approximate surface area is 145 Å². The standard InChI is InChI=1S/C14H19N3O2.C2H2O4/c1-3-4-5-6-10-18-14-13(15-19-16-14)12-8-7-9-17(2)11-12;3-1(4)2(5)6/h8H,3,6-7,9-11H2,1-2H3;(H,3,4)(H,5,6). The zero-order valence-corrected chi connectivity index (χ0v) is 14.2. The predicted octanol–water partition coefficient (Wildman–Crippen LogP) is 1.13. The summed E-state index contributed by atoms with van der Waals surface area (Å²) >= 11 is 0. The smallest absolute Gasteiger partial charge is 0.414 e. The molecule has 2 N–H and O–H groups in total. The molecule has 0 unspecified atom stereocenters. The van der Waals surface area contributed by atoms with Crippen LogP contribution in [0.25, 0.3) is 5.57 Å². The topological polar surface area (TPSA) is 126 Å². The molecule has 0 atom stereocenters. The summed E-state index contributed by atoms with van der Waals surface area (Å²) in [5, 5.41) is 22.5. The highest BCUT2D eigenvalue weighted by atomic mass is 16.6. The molecule has 0 spiro atoms. The Bertz CT molecular complexity index is 659. The van der Waals surface area contributed by atoms with E-state index in [4.69, 9.17) is 29.2 Å².